The molecule has 7 heteroatoms. The van der Waals surface area contributed by atoms with Crippen molar-refractivity contribution in [2.75, 3.05) is 52.4 Å². The Labute approximate surface area is 155 Å². The summed E-state index contributed by atoms with van der Waals surface area (Å²) in [5.41, 5.74) is 0. The summed E-state index contributed by atoms with van der Waals surface area (Å²) in [6, 6.07) is 0.132. The number of piperazine rings is 1. The lowest BCUT2D eigenvalue weighted by molar-refractivity contribution is -0.140. The highest BCUT2D eigenvalue weighted by Crippen LogP contribution is 2.21. The van der Waals surface area contributed by atoms with Crippen molar-refractivity contribution in [1.82, 2.24) is 19.6 Å². The van der Waals surface area contributed by atoms with Gasteiger partial charge in [-0.2, -0.15) is 0 Å². The van der Waals surface area contributed by atoms with E-state index in [-0.39, 0.29) is 23.8 Å². The van der Waals surface area contributed by atoms with Gasteiger partial charge in [-0.05, 0) is 38.2 Å². The van der Waals surface area contributed by atoms with E-state index < -0.39 is 0 Å². The summed E-state index contributed by atoms with van der Waals surface area (Å²) in [6.45, 7) is 8.95. The Morgan fingerprint density at radius 3 is 1.81 bits per heavy atom. The van der Waals surface area contributed by atoms with Crippen molar-refractivity contribution < 1.29 is 14.4 Å². The van der Waals surface area contributed by atoms with Gasteiger partial charge in [0.15, 0.2) is 0 Å². The summed E-state index contributed by atoms with van der Waals surface area (Å²) < 4.78 is 0. The van der Waals surface area contributed by atoms with Gasteiger partial charge in [0.1, 0.15) is 0 Å². The number of carbonyl (C=O) groups excluding carboxylic acids is 3. The second-order valence-corrected chi connectivity index (χ2v) is 7.45. The van der Waals surface area contributed by atoms with Crippen LogP contribution in [-0.4, -0.2) is 89.8 Å². The molecule has 7 nitrogen and oxygen atoms in total. The molecule has 0 aromatic carbocycles. The molecule has 144 valence electrons. The smallest absolute Gasteiger partial charge is 0.320 e. The maximum absolute atomic E-state index is 12.8. The van der Waals surface area contributed by atoms with Gasteiger partial charge in [0.05, 0.1) is 0 Å². The average molecular weight is 362 g/mol. The van der Waals surface area contributed by atoms with Crippen LogP contribution < -0.4 is 0 Å². The Kier molecular flexibility index (Phi) is 6.16. The number of hydrogen-bond donors (Lipinski definition) is 0. The van der Waals surface area contributed by atoms with E-state index in [4.69, 9.17) is 0 Å². The lowest BCUT2D eigenvalue weighted by Gasteiger charge is -2.40. The first-order valence-electron chi connectivity index (χ1n) is 9.84. The summed E-state index contributed by atoms with van der Waals surface area (Å²) >= 11 is 0. The molecule has 0 atom stereocenters. The van der Waals surface area contributed by atoms with Crippen molar-refractivity contribution in [2.45, 2.75) is 32.1 Å². The normalized spacial score (nSPS) is 22.3. The molecule has 0 unspecified atom stereocenters. The highest BCUT2D eigenvalue weighted by Gasteiger charge is 2.33. The molecule has 0 saturated carbocycles. The van der Waals surface area contributed by atoms with Gasteiger partial charge in [0, 0.05) is 58.3 Å². The van der Waals surface area contributed by atoms with Gasteiger partial charge in [0.2, 0.25) is 11.8 Å². The molecule has 4 amide bonds. The Bertz CT molecular complexity index is 543. The van der Waals surface area contributed by atoms with E-state index in [0.717, 1.165) is 25.9 Å². The summed E-state index contributed by atoms with van der Waals surface area (Å²) in [5, 5.41) is 0. The van der Waals surface area contributed by atoms with Gasteiger partial charge >= 0.3 is 6.03 Å². The molecule has 0 aliphatic carbocycles. The first-order chi connectivity index (χ1) is 12.6. The molecule has 3 fully saturated rings. The molecule has 0 bridgehead atoms. The molecule has 3 heterocycles. The van der Waals surface area contributed by atoms with Gasteiger partial charge in [-0.25, -0.2) is 4.79 Å². The van der Waals surface area contributed by atoms with Crippen LogP contribution in [-0.2, 0) is 9.59 Å². The van der Waals surface area contributed by atoms with E-state index in [2.05, 4.69) is 6.58 Å². The Morgan fingerprint density at radius 1 is 0.692 bits per heavy atom. The summed E-state index contributed by atoms with van der Waals surface area (Å²) in [7, 11) is 0. The fourth-order valence-corrected chi connectivity index (χ4v) is 4.14. The average Bonchev–Trinajstić information content (AvgIpc) is 2.73. The molecule has 0 spiro atoms. The molecule has 0 N–H and O–H groups in total. The van der Waals surface area contributed by atoms with Crippen LogP contribution in [0.5, 0.6) is 0 Å². The number of carbonyl (C=O) groups is 3. The van der Waals surface area contributed by atoms with Crippen molar-refractivity contribution in [1.29, 1.82) is 0 Å². The van der Waals surface area contributed by atoms with E-state index in [1.165, 1.54) is 12.5 Å². The highest BCUT2D eigenvalue weighted by atomic mass is 16.2. The van der Waals surface area contributed by atoms with Crippen LogP contribution in [0.2, 0.25) is 0 Å². The van der Waals surface area contributed by atoms with Gasteiger partial charge in [-0.3, -0.25) is 9.59 Å². The quantitative estimate of drug-likeness (QED) is 0.693. The fourth-order valence-electron chi connectivity index (χ4n) is 4.14. The lowest BCUT2D eigenvalue weighted by Crippen LogP contribution is -2.56. The fraction of sp³-hybridized carbons (Fsp3) is 0.737. The number of urea groups is 1. The molecule has 3 aliphatic heterocycles. The third-order valence-corrected chi connectivity index (χ3v) is 5.82. The lowest BCUT2D eigenvalue weighted by atomic mass is 9.95. The first-order valence-corrected chi connectivity index (χ1v) is 9.84. The van der Waals surface area contributed by atoms with Crippen LogP contribution in [0.3, 0.4) is 0 Å². The van der Waals surface area contributed by atoms with Crippen molar-refractivity contribution in [3.63, 3.8) is 0 Å². The SMILES string of the molecule is C=CC(=O)N1CCC(C(=O)N2CCN(C(=O)N3CCCCC3)CC2)CC1. The van der Waals surface area contributed by atoms with Crippen molar-refractivity contribution >= 4 is 17.8 Å². The van der Waals surface area contributed by atoms with E-state index >= 15 is 0 Å². The number of hydrogen-bond acceptors (Lipinski definition) is 3. The molecule has 3 rings (SSSR count). The summed E-state index contributed by atoms with van der Waals surface area (Å²) in [6.07, 6.45) is 6.16. The molecule has 0 aromatic rings. The van der Waals surface area contributed by atoms with Gasteiger partial charge < -0.3 is 19.6 Å². The maximum atomic E-state index is 12.8. The Hall–Kier alpha value is -2.05. The zero-order valence-corrected chi connectivity index (χ0v) is 15.6. The third kappa shape index (κ3) is 4.19. The standard InChI is InChI=1S/C19H30N4O3/c1-2-17(24)20-10-6-16(7-11-20)18(25)21-12-14-23(15-13-21)19(26)22-8-4-3-5-9-22/h2,16H,1,3-15H2. The second kappa shape index (κ2) is 8.56. The van der Waals surface area contributed by atoms with Crippen LogP contribution in [0.15, 0.2) is 12.7 Å². The molecule has 0 aromatic heterocycles. The summed E-state index contributed by atoms with van der Waals surface area (Å²) in [5.74, 6) is 0.120. The first kappa shape index (κ1) is 18.7. The number of nitrogens with zero attached hydrogens (tertiary/aromatic N) is 4. The predicted molar refractivity (Wildman–Crippen MR) is 98.5 cm³/mol. The van der Waals surface area contributed by atoms with Crippen LogP contribution in [0.25, 0.3) is 0 Å². The summed E-state index contributed by atoms with van der Waals surface area (Å²) in [4.78, 5) is 44.5. The minimum atomic E-state index is -0.0549. The molecular weight excluding hydrogens is 332 g/mol. The van der Waals surface area contributed by atoms with Crippen LogP contribution in [0.4, 0.5) is 4.79 Å². The molecule has 3 saturated heterocycles. The third-order valence-electron chi connectivity index (χ3n) is 5.82. The predicted octanol–water partition coefficient (Wildman–Crippen LogP) is 1.16. The topological polar surface area (TPSA) is 64.2 Å². The van der Waals surface area contributed by atoms with E-state index in [0.29, 0.717) is 52.1 Å². The molecule has 3 aliphatic rings. The Morgan fingerprint density at radius 2 is 1.23 bits per heavy atom. The van der Waals surface area contributed by atoms with Gasteiger partial charge in [-0.15, -0.1) is 0 Å². The van der Waals surface area contributed by atoms with Crippen LogP contribution in [0.1, 0.15) is 32.1 Å². The highest BCUT2D eigenvalue weighted by molar-refractivity contribution is 5.87. The van der Waals surface area contributed by atoms with Gasteiger partial charge in [-0.1, -0.05) is 6.58 Å². The van der Waals surface area contributed by atoms with E-state index in [9.17, 15) is 14.4 Å². The minimum Gasteiger partial charge on any atom is -0.339 e. The van der Waals surface area contributed by atoms with Crippen molar-refractivity contribution in [3.8, 4) is 0 Å². The zero-order chi connectivity index (χ0) is 18.5. The molecule has 0 radical (unpaired) electrons. The van der Waals surface area contributed by atoms with Crippen molar-refractivity contribution in [2.24, 2.45) is 5.92 Å². The minimum absolute atomic E-state index is 0.00629. The van der Waals surface area contributed by atoms with Crippen LogP contribution >= 0.6 is 0 Å². The number of piperidine rings is 2. The monoisotopic (exact) mass is 362 g/mol. The number of likely N-dealkylation sites (tertiary alicyclic amines) is 2. The van der Waals surface area contributed by atoms with Crippen LogP contribution in [0, 0.1) is 5.92 Å². The second-order valence-electron chi connectivity index (χ2n) is 7.45. The number of amides is 4. The van der Waals surface area contributed by atoms with E-state index in [1.807, 2.05) is 14.7 Å². The largest absolute Gasteiger partial charge is 0.339 e. The zero-order valence-electron chi connectivity index (χ0n) is 15.6. The Balaban J connectivity index is 1.44. The van der Waals surface area contributed by atoms with E-state index in [1.54, 1.807) is 4.90 Å². The molecule has 26 heavy (non-hydrogen) atoms. The molecular formula is C19H30N4O3. The maximum Gasteiger partial charge on any atom is 0.320 e. The number of rotatable bonds is 2. The van der Waals surface area contributed by atoms with Gasteiger partial charge in [0.25, 0.3) is 0 Å². The van der Waals surface area contributed by atoms with Crippen molar-refractivity contribution in [3.05, 3.63) is 12.7 Å².